The zero-order valence-corrected chi connectivity index (χ0v) is 20.5. The van der Waals surface area contributed by atoms with E-state index in [0.29, 0.717) is 17.0 Å². The van der Waals surface area contributed by atoms with E-state index in [0.717, 1.165) is 35.2 Å². The third-order valence-corrected chi connectivity index (χ3v) is 7.20. The summed E-state index contributed by atoms with van der Waals surface area (Å²) >= 11 is 1.58. The number of hydrogen-bond acceptors (Lipinski definition) is 7. The van der Waals surface area contributed by atoms with E-state index >= 15 is 0 Å². The molecule has 0 bridgehead atoms. The van der Waals surface area contributed by atoms with E-state index in [1.165, 1.54) is 11.1 Å². The van der Waals surface area contributed by atoms with Gasteiger partial charge in [0.2, 0.25) is 5.95 Å². The molecule has 0 fully saturated rings. The van der Waals surface area contributed by atoms with Gasteiger partial charge in [-0.1, -0.05) is 38.2 Å². The van der Waals surface area contributed by atoms with E-state index in [1.54, 1.807) is 22.2 Å². The molecule has 0 saturated carbocycles. The molecule has 0 radical (unpaired) electrons. The molecular weight excluding hydrogens is 434 g/mol. The van der Waals surface area contributed by atoms with Gasteiger partial charge in [0, 0.05) is 29.9 Å². The number of hydrogen-bond donors (Lipinski definition) is 2. The quantitative estimate of drug-likeness (QED) is 0.469. The van der Waals surface area contributed by atoms with Gasteiger partial charge < -0.3 is 10.6 Å². The van der Waals surface area contributed by atoms with E-state index in [4.69, 9.17) is 4.98 Å². The normalized spacial score (nSPS) is 14.1. The van der Waals surface area contributed by atoms with Gasteiger partial charge in [-0.15, -0.1) is 0 Å². The summed E-state index contributed by atoms with van der Waals surface area (Å²) in [4.78, 5) is 27.1. The number of aromatic nitrogens is 5. The Morgan fingerprint density at radius 2 is 1.97 bits per heavy atom. The molecule has 0 amide bonds. The fraction of sp³-hybridized carbons (Fsp3) is 0.417. The first kappa shape index (κ1) is 21.8. The van der Waals surface area contributed by atoms with Crippen LogP contribution in [0.1, 0.15) is 56.8 Å². The topological polar surface area (TPSA) is 89.7 Å². The highest BCUT2D eigenvalue weighted by atomic mass is 32.1. The molecule has 1 aromatic carbocycles. The van der Waals surface area contributed by atoms with Crippen LogP contribution in [0, 0.1) is 0 Å². The Hall–Kier alpha value is -3.04. The lowest BCUT2D eigenvalue weighted by Gasteiger charge is -2.18. The summed E-state index contributed by atoms with van der Waals surface area (Å²) in [6.07, 6.45) is 4.49. The zero-order chi connectivity index (χ0) is 23.3. The Morgan fingerprint density at radius 3 is 2.70 bits per heavy atom. The first-order valence-corrected chi connectivity index (χ1v) is 12.1. The molecule has 0 saturated heterocycles. The summed E-state index contributed by atoms with van der Waals surface area (Å²) < 4.78 is 3.62. The lowest BCUT2D eigenvalue weighted by Crippen LogP contribution is -2.23. The lowest BCUT2D eigenvalue weighted by molar-refractivity contribution is 0.478. The molecule has 4 aromatic rings. The van der Waals surface area contributed by atoms with Gasteiger partial charge in [-0.2, -0.15) is 4.98 Å². The second-order valence-electron chi connectivity index (χ2n) is 9.78. The lowest BCUT2D eigenvalue weighted by atomic mass is 9.98. The van der Waals surface area contributed by atoms with E-state index in [1.807, 2.05) is 24.7 Å². The monoisotopic (exact) mass is 463 g/mol. The molecular formula is C24H29N7OS. The number of rotatable bonds is 4. The number of benzene rings is 1. The van der Waals surface area contributed by atoms with Crippen LogP contribution < -0.4 is 16.2 Å². The van der Waals surface area contributed by atoms with Crippen LogP contribution >= 0.6 is 11.3 Å². The number of thiazole rings is 1. The van der Waals surface area contributed by atoms with Crippen LogP contribution in [0.3, 0.4) is 0 Å². The first-order chi connectivity index (χ1) is 15.7. The summed E-state index contributed by atoms with van der Waals surface area (Å²) in [7, 11) is 0. The number of nitrogens with one attached hydrogen (secondary N) is 2. The molecule has 1 aliphatic rings. The highest BCUT2D eigenvalue weighted by molar-refractivity contribution is 7.14. The van der Waals surface area contributed by atoms with Crippen molar-refractivity contribution in [2.45, 2.75) is 59.0 Å². The van der Waals surface area contributed by atoms with Crippen molar-refractivity contribution in [3.8, 4) is 5.00 Å². The van der Waals surface area contributed by atoms with Gasteiger partial charge in [0.25, 0.3) is 5.56 Å². The molecule has 0 aliphatic carbocycles. The largest absolute Gasteiger partial charge is 0.324 e. The predicted molar refractivity (Wildman–Crippen MR) is 133 cm³/mol. The van der Waals surface area contributed by atoms with Crippen LogP contribution in [-0.4, -0.2) is 30.9 Å². The van der Waals surface area contributed by atoms with Crippen molar-refractivity contribution in [2.24, 2.45) is 0 Å². The van der Waals surface area contributed by atoms with Crippen LogP contribution in [0.4, 0.5) is 11.6 Å². The van der Waals surface area contributed by atoms with Gasteiger partial charge in [0.1, 0.15) is 15.4 Å². The summed E-state index contributed by atoms with van der Waals surface area (Å²) in [6.45, 7) is 12.3. The summed E-state index contributed by atoms with van der Waals surface area (Å²) in [6, 6.07) is 6.31. The fourth-order valence-corrected chi connectivity index (χ4v) is 5.11. The second-order valence-corrected chi connectivity index (χ2v) is 10.8. The Kier molecular flexibility index (Phi) is 5.33. The molecule has 8 nitrogen and oxygen atoms in total. The van der Waals surface area contributed by atoms with Gasteiger partial charge >= 0.3 is 0 Å². The van der Waals surface area contributed by atoms with Crippen LogP contribution in [0.5, 0.6) is 0 Å². The van der Waals surface area contributed by atoms with Crippen molar-refractivity contribution in [2.75, 3.05) is 11.9 Å². The van der Waals surface area contributed by atoms with Crippen LogP contribution in [-0.2, 0) is 18.4 Å². The van der Waals surface area contributed by atoms with Gasteiger partial charge in [-0.25, -0.2) is 19.3 Å². The highest BCUT2D eigenvalue weighted by Gasteiger charge is 2.24. The second kappa shape index (κ2) is 8.07. The Labute approximate surface area is 196 Å². The maximum absolute atomic E-state index is 13.2. The number of nitrogens with zero attached hydrogens (tertiary/aromatic N) is 5. The van der Waals surface area contributed by atoms with E-state index < -0.39 is 0 Å². The SMILES string of the molecule is CC(C)n1c(=O)c2cnc(Nc3ccc4c(c3)CNCC4)nc2n1-c1cnc(C(C)(C)C)s1. The molecule has 172 valence electrons. The molecule has 3 aromatic heterocycles. The van der Waals surface area contributed by atoms with E-state index in [2.05, 4.69) is 59.6 Å². The molecule has 33 heavy (non-hydrogen) atoms. The molecule has 0 spiro atoms. The minimum atomic E-state index is -0.0999. The maximum atomic E-state index is 13.2. The van der Waals surface area contributed by atoms with Crippen molar-refractivity contribution < 1.29 is 0 Å². The van der Waals surface area contributed by atoms with Gasteiger partial charge in [-0.3, -0.25) is 4.79 Å². The summed E-state index contributed by atoms with van der Waals surface area (Å²) in [5.74, 6) is 0.460. The predicted octanol–water partition coefficient (Wildman–Crippen LogP) is 4.31. The van der Waals surface area contributed by atoms with Crippen molar-refractivity contribution in [3.63, 3.8) is 0 Å². The molecule has 2 N–H and O–H groups in total. The Bertz CT molecular complexity index is 1390. The van der Waals surface area contributed by atoms with Crippen molar-refractivity contribution in [1.82, 2.24) is 29.6 Å². The smallest absolute Gasteiger partial charge is 0.278 e. The van der Waals surface area contributed by atoms with E-state index in [9.17, 15) is 4.79 Å². The first-order valence-electron chi connectivity index (χ1n) is 11.3. The number of fused-ring (bicyclic) bond motifs is 2. The average Bonchev–Trinajstić information content (AvgIpc) is 3.37. The Morgan fingerprint density at radius 1 is 1.15 bits per heavy atom. The number of anilines is 2. The molecule has 9 heteroatoms. The molecule has 0 unspecified atom stereocenters. The van der Waals surface area contributed by atoms with Crippen LogP contribution in [0.25, 0.3) is 16.0 Å². The Balaban J connectivity index is 1.61. The molecule has 4 heterocycles. The van der Waals surface area contributed by atoms with Crippen molar-refractivity contribution in [1.29, 1.82) is 0 Å². The van der Waals surface area contributed by atoms with E-state index in [-0.39, 0.29) is 17.0 Å². The third kappa shape index (κ3) is 3.95. The summed E-state index contributed by atoms with van der Waals surface area (Å²) in [5, 5.41) is 9.11. The van der Waals surface area contributed by atoms with Crippen LogP contribution in [0.2, 0.25) is 0 Å². The summed E-state index contributed by atoms with van der Waals surface area (Å²) in [5.41, 5.74) is 4.00. The van der Waals surface area contributed by atoms with Crippen molar-refractivity contribution in [3.05, 3.63) is 57.1 Å². The zero-order valence-electron chi connectivity index (χ0n) is 19.6. The minimum absolute atomic E-state index is 0.0450. The van der Waals surface area contributed by atoms with Gasteiger partial charge in [0.05, 0.1) is 6.20 Å². The molecule has 0 atom stereocenters. The van der Waals surface area contributed by atoms with Crippen LogP contribution in [0.15, 0.2) is 35.4 Å². The maximum Gasteiger partial charge on any atom is 0.278 e. The third-order valence-electron chi connectivity index (χ3n) is 5.81. The highest BCUT2D eigenvalue weighted by Crippen LogP contribution is 2.31. The molecule has 5 rings (SSSR count). The molecule has 1 aliphatic heterocycles. The van der Waals surface area contributed by atoms with Crippen molar-refractivity contribution >= 4 is 34.0 Å². The average molecular weight is 464 g/mol. The standard InChI is InChI=1S/C24H29N7OS/c1-14(2)30-21(32)18-12-27-23(28-17-7-6-15-8-9-25-11-16(15)10-17)29-20(18)31(30)19-13-26-22(33-19)24(3,4)5/h6-7,10,12-14,25H,8-9,11H2,1-5H3,(H,27,28,29). The fourth-order valence-electron chi connectivity index (χ4n) is 4.14. The minimum Gasteiger partial charge on any atom is -0.324 e. The van der Waals surface area contributed by atoms with Gasteiger partial charge in [0.15, 0.2) is 5.65 Å². The van der Waals surface area contributed by atoms with Gasteiger partial charge in [-0.05, 0) is 50.1 Å².